The molecule has 116 valence electrons. The largest absolute Gasteiger partial charge is 0.316 e. The van der Waals surface area contributed by atoms with Gasteiger partial charge in [-0.1, -0.05) is 31.2 Å². The van der Waals surface area contributed by atoms with E-state index in [2.05, 4.69) is 41.4 Å². The molecule has 2 nitrogen and oxygen atoms in total. The van der Waals surface area contributed by atoms with Crippen molar-refractivity contribution in [3.05, 3.63) is 35.4 Å². The van der Waals surface area contributed by atoms with Crippen LogP contribution in [0.1, 0.15) is 56.2 Å². The topological polar surface area (TPSA) is 15.3 Å². The van der Waals surface area contributed by atoms with Gasteiger partial charge in [-0.2, -0.15) is 0 Å². The van der Waals surface area contributed by atoms with E-state index < -0.39 is 0 Å². The Kier molecular flexibility index (Phi) is 5.32. The van der Waals surface area contributed by atoms with Crippen LogP contribution in [0, 0.1) is 5.92 Å². The quantitative estimate of drug-likeness (QED) is 0.886. The number of fused-ring (bicyclic) bond motifs is 1. The van der Waals surface area contributed by atoms with Gasteiger partial charge in [0.15, 0.2) is 0 Å². The fourth-order valence-corrected chi connectivity index (χ4v) is 4.18. The predicted molar refractivity (Wildman–Crippen MR) is 89.6 cm³/mol. The van der Waals surface area contributed by atoms with Crippen molar-refractivity contribution in [1.82, 2.24) is 10.2 Å². The molecule has 0 radical (unpaired) electrons. The molecule has 1 heterocycles. The van der Waals surface area contributed by atoms with Crippen LogP contribution in [0.4, 0.5) is 0 Å². The molecule has 1 aliphatic carbocycles. The van der Waals surface area contributed by atoms with Crippen LogP contribution in [-0.4, -0.2) is 31.1 Å². The zero-order valence-corrected chi connectivity index (χ0v) is 13.5. The molecule has 1 aromatic rings. The summed E-state index contributed by atoms with van der Waals surface area (Å²) in [5.74, 6) is 0.847. The molecule has 21 heavy (non-hydrogen) atoms. The minimum absolute atomic E-state index is 0.664. The SMILES string of the molecule is CCCN(CC1CCCNC1)C1CCCc2ccccc21. The van der Waals surface area contributed by atoms with E-state index in [1.54, 1.807) is 11.1 Å². The Morgan fingerprint density at radius 3 is 2.90 bits per heavy atom. The van der Waals surface area contributed by atoms with Gasteiger partial charge in [0.25, 0.3) is 0 Å². The highest BCUT2D eigenvalue weighted by Crippen LogP contribution is 2.35. The Bertz CT molecular complexity index is 437. The summed E-state index contributed by atoms with van der Waals surface area (Å²) in [6, 6.07) is 9.81. The second-order valence-electron chi connectivity index (χ2n) is 6.81. The normalized spacial score (nSPS) is 25.8. The van der Waals surface area contributed by atoms with Gasteiger partial charge in [0.05, 0.1) is 0 Å². The van der Waals surface area contributed by atoms with Crippen LogP contribution < -0.4 is 5.32 Å². The monoisotopic (exact) mass is 286 g/mol. The van der Waals surface area contributed by atoms with E-state index >= 15 is 0 Å². The van der Waals surface area contributed by atoms with Crippen LogP contribution in [0.25, 0.3) is 0 Å². The first kappa shape index (κ1) is 15.1. The Morgan fingerprint density at radius 1 is 1.19 bits per heavy atom. The number of aryl methyl sites for hydroxylation is 1. The molecule has 0 bridgehead atoms. The molecule has 0 amide bonds. The number of hydrogen-bond acceptors (Lipinski definition) is 2. The van der Waals surface area contributed by atoms with E-state index in [9.17, 15) is 0 Å². The molecular weight excluding hydrogens is 256 g/mol. The lowest BCUT2D eigenvalue weighted by Gasteiger charge is -2.38. The zero-order valence-electron chi connectivity index (χ0n) is 13.5. The summed E-state index contributed by atoms with van der Waals surface area (Å²) in [6.45, 7) is 7.28. The van der Waals surface area contributed by atoms with Gasteiger partial charge < -0.3 is 5.32 Å². The third-order valence-corrected chi connectivity index (χ3v) is 5.18. The average molecular weight is 286 g/mol. The van der Waals surface area contributed by atoms with Crippen molar-refractivity contribution in [2.45, 2.75) is 51.5 Å². The van der Waals surface area contributed by atoms with Crippen LogP contribution in [0.2, 0.25) is 0 Å². The zero-order chi connectivity index (χ0) is 14.5. The third-order valence-electron chi connectivity index (χ3n) is 5.18. The molecule has 1 fully saturated rings. The number of piperidine rings is 1. The molecule has 2 heteroatoms. The molecule has 2 atom stereocenters. The molecule has 1 aliphatic heterocycles. The van der Waals surface area contributed by atoms with E-state index in [0.29, 0.717) is 6.04 Å². The van der Waals surface area contributed by atoms with Gasteiger partial charge in [0, 0.05) is 12.6 Å². The molecule has 1 saturated heterocycles. The van der Waals surface area contributed by atoms with Crippen molar-refractivity contribution in [3.8, 4) is 0 Å². The second kappa shape index (κ2) is 7.42. The van der Waals surface area contributed by atoms with Gasteiger partial charge >= 0.3 is 0 Å². The predicted octanol–water partition coefficient (Wildman–Crippen LogP) is 3.78. The first-order valence-electron chi connectivity index (χ1n) is 8.91. The molecular formula is C19H30N2. The van der Waals surface area contributed by atoms with Crippen molar-refractivity contribution in [2.75, 3.05) is 26.2 Å². The van der Waals surface area contributed by atoms with Gasteiger partial charge in [-0.3, -0.25) is 4.90 Å². The summed E-state index contributed by atoms with van der Waals surface area (Å²) in [7, 11) is 0. The van der Waals surface area contributed by atoms with Crippen molar-refractivity contribution in [2.24, 2.45) is 5.92 Å². The number of nitrogens with zero attached hydrogens (tertiary/aromatic N) is 1. The van der Waals surface area contributed by atoms with Crippen LogP contribution in [0.5, 0.6) is 0 Å². The second-order valence-corrected chi connectivity index (χ2v) is 6.81. The van der Waals surface area contributed by atoms with Crippen LogP contribution in [0.15, 0.2) is 24.3 Å². The van der Waals surface area contributed by atoms with E-state index in [0.717, 1.165) is 5.92 Å². The number of hydrogen-bond donors (Lipinski definition) is 1. The molecule has 1 aromatic carbocycles. The molecule has 3 rings (SSSR count). The Hall–Kier alpha value is -0.860. The van der Waals surface area contributed by atoms with E-state index in [1.807, 2.05) is 0 Å². The first-order chi connectivity index (χ1) is 10.4. The van der Waals surface area contributed by atoms with Crippen molar-refractivity contribution >= 4 is 0 Å². The Balaban J connectivity index is 1.74. The molecule has 2 aliphatic rings. The highest BCUT2D eigenvalue weighted by Gasteiger charge is 2.27. The maximum atomic E-state index is 3.58. The molecule has 2 unspecified atom stereocenters. The Morgan fingerprint density at radius 2 is 2.10 bits per heavy atom. The van der Waals surface area contributed by atoms with Gasteiger partial charge in [-0.15, -0.1) is 0 Å². The van der Waals surface area contributed by atoms with Gasteiger partial charge in [0.1, 0.15) is 0 Å². The third kappa shape index (κ3) is 3.67. The van der Waals surface area contributed by atoms with Gasteiger partial charge in [-0.25, -0.2) is 0 Å². The summed E-state index contributed by atoms with van der Waals surface area (Å²) in [6.07, 6.45) is 7.99. The fourth-order valence-electron chi connectivity index (χ4n) is 4.18. The van der Waals surface area contributed by atoms with Crippen LogP contribution in [0.3, 0.4) is 0 Å². The first-order valence-corrected chi connectivity index (χ1v) is 8.91. The number of benzene rings is 1. The lowest BCUT2D eigenvalue weighted by atomic mass is 9.86. The standard InChI is InChI=1S/C19H30N2/c1-2-13-21(15-16-7-6-12-20-14-16)19-11-5-9-17-8-3-4-10-18(17)19/h3-4,8,10,16,19-20H,2,5-7,9,11-15H2,1H3. The van der Waals surface area contributed by atoms with E-state index in [4.69, 9.17) is 0 Å². The number of nitrogens with one attached hydrogen (secondary N) is 1. The van der Waals surface area contributed by atoms with Crippen LogP contribution >= 0.6 is 0 Å². The summed E-state index contributed by atoms with van der Waals surface area (Å²) in [5, 5.41) is 3.58. The molecule has 0 saturated carbocycles. The van der Waals surface area contributed by atoms with Crippen molar-refractivity contribution < 1.29 is 0 Å². The smallest absolute Gasteiger partial charge is 0.0351 e. The minimum Gasteiger partial charge on any atom is -0.316 e. The average Bonchev–Trinajstić information content (AvgIpc) is 2.55. The van der Waals surface area contributed by atoms with Crippen molar-refractivity contribution in [1.29, 1.82) is 0 Å². The highest BCUT2D eigenvalue weighted by molar-refractivity contribution is 5.32. The van der Waals surface area contributed by atoms with E-state index in [-0.39, 0.29) is 0 Å². The van der Waals surface area contributed by atoms with Gasteiger partial charge in [-0.05, 0) is 75.2 Å². The summed E-state index contributed by atoms with van der Waals surface area (Å²) >= 11 is 0. The van der Waals surface area contributed by atoms with Gasteiger partial charge in [0.2, 0.25) is 0 Å². The summed E-state index contributed by atoms with van der Waals surface area (Å²) < 4.78 is 0. The van der Waals surface area contributed by atoms with Crippen LogP contribution in [-0.2, 0) is 6.42 Å². The molecule has 0 aromatic heterocycles. The lowest BCUT2D eigenvalue weighted by molar-refractivity contribution is 0.140. The van der Waals surface area contributed by atoms with E-state index in [1.165, 1.54) is 64.7 Å². The minimum atomic E-state index is 0.664. The molecule has 0 spiro atoms. The lowest BCUT2D eigenvalue weighted by Crippen LogP contribution is -2.41. The maximum Gasteiger partial charge on any atom is 0.0351 e. The highest BCUT2D eigenvalue weighted by atomic mass is 15.2. The number of rotatable bonds is 5. The van der Waals surface area contributed by atoms with Crippen molar-refractivity contribution in [3.63, 3.8) is 0 Å². The summed E-state index contributed by atoms with van der Waals surface area (Å²) in [4.78, 5) is 2.79. The fraction of sp³-hybridized carbons (Fsp3) is 0.684. The maximum absolute atomic E-state index is 3.58. The Labute approximate surface area is 129 Å². The molecule has 1 N–H and O–H groups in total. The summed E-state index contributed by atoms with van der Waals surface area (Å²) in [5.41, 5.74) is 3.21.